The van der Waals surface area contributed by atoms with E-state index in [1.807, 2.05) is 35.9 Å². The molecule has 0 aliphatic rings. The number of aromatic nitrogens is 1. The topological polar surface area (TPSA) is 3.88 Å². The van der Waals surface area contributed by atoms with Crippen molar-refractivity contribution in [2.24, 2.45) is 7.05 Å². The van der Waals surface area contributed by atoms with Gasteiger partial charge in [0.05, 0.1) is 0 Å². The molecule has 4 rings (SSSR count). The summed E-state index contributed by atoms with van der Waals surface area (Å²) in [5.41, 5.74) is 6.50. The molecule has 3 aromatic carbocycles. The normalized spacial score (nSPS) is 13.3. The third-order valence-electron chi connectivity index (χ3n) is 5.00. The molecule has 0 radical (unpaired) electrons. The maximum atomic E-state index is 8.09. The van der Waals surface area contributed by atoms with Gasteiger partial charge in [0.25, 0.3) is 0 Å². The zero-order valence-electron chi connectivity index (χ0n) is 18.4. The second-order valence-electron chi connectivity index (χ2n) is 6.98. The molecule has 0 saturated carbocycles. The van der Waals surface area contributed by atoms with Gasteiger partial charge in [0.15, 0.2) is 6.20 Å². The lowest BCUT2D eigenvalue weighted by atomic mass is 9.95. The van der Waals surface area contributed by atoms with Crippen LogP contribution in [0.4, 0.5) is 0 Å². The van der Waals surface area contributed by atoms with Crippen LogP contribution in [-0.4, -0.2) is 0 Å². The Morgan fingerprint density at radius 1 is 0.769 bits per heavy atom. The summed E-state index contributed by atoms with van der Waals surface area (Å²) in [6.45, 7) is 1.95. The molecule has 1 heteroatoms. The Morgan fingerprint density at radius 2 is 1.54 bits per heavy atom. The first-order chi connectivity index (χ1) is 13.7. The van der Waals surface area contributed by atoms with Gasteiger partial charge in [-0.3, -0.25) is 0 Å². The number of rotatable bonds is 2. The van der Waals surface area contributed by atoms with Crippen molar-refractivity contribution < 1.29 is 8.68 Å². The van der Waals surface area contributed by atoms with Crippen LogP contribution >= 0.6 is 0 Å². The molecule has 1 heterocycles. The standard InChI is InChI=1S/C25H24N/c1-17-9-10-21-14-22(12-11-20(21)13-17)24-15-25(26(4)16-19(24)3)23-8-6-5-7-18(23)2/h5-16H,1-4H3/q+1/i3D3. The van der Waals surface area contributed by atoms with Gasteiger partial charge in [0.2, 0.25) is 5.69 Å². The summed E-state index contributed by atoms with van der Waals surface area (Å²) in [5.74, 6) is 0. The summed E-state index contributed by atoms with van der Waals surface area (Å²) in [6.07, 6.45) is 1.75. The van der Waals surface area contributed by atoms with Crippen molar-refractivity contribution >= 4 is 10.8 Å². The molecule has 0 amide bonds. The van der Waals surface area contributed by atoms with E-state index in [0.29, 0.717) is 5.56 Å². The van der Waals surface area contributed by atoms with Gasteiger partial charge in [-0.25, -0.2) is 4.57 Å². The number of fused-ring (bicyclic) bond motifs is 1. The molecule has 0 aliphatic carbocycles. The van der Waals surface area contributed by atoms with Crippen molar-refractivity contribution in [3.8, 4) is 22.4 Å². The lowest BCUT2D eigenvalue weighted by molar-refractivity contribution is -0.660. The molecule has 0 spiro atoms. The first kappa shape index (κ1) is 13.3. The van der Waals surface area contributed by atoms with Crippen LogP contribution < -0.4 is 4.57 Å². The minimum atomic E-state index is -2.19. The fourth-order valence-corrected chi connectivity index (χ4v) is 3.55. The molecular formula is C25H24N+. The van der Waals surface area contributed by atoms with E-state index >= 15 is 0 Å². The van der Waals surface area contributed by atoms with Crippen molar-refractivity contribution in [1.82, 2.24) is 0 Å². The van der Waals surface area contributed by atoms with Crippen molar-refractivity contribution in [3.63, 3.8) is 0 Å². The highest BCUT2D eigenvalue weighted by atomic mass is 14.9. The summed E-state index contributed by atoms with van der Waals surface area (Å²) < 4.78 is 26.2. The zero-order chi connectivity index (χ0) is 20.8. The molecule has 0 bridgehead atoms. The SMILES string of the molecule is [2H]C([2H])([2H])c1c[n+](C)c(-c2ccccc2C)cc1-c1ccc2cc(C)ccc2c1. The van der Waals surface area contributed by atoms with E-state index in [1.54, 1.807) is 6.20 Å². The zero-order valence-corrected chi connectivity index (χ0v) is 15.4. The van der Waals surface area contributed by atoms with Crippen LogP contribution in [0.5, 0.6) is 0 Å². The Kier molecular flexibility index (Phi) is 3.28. The van der Waals surface area contributed by atoms with Gasteiger partial charge in [-0.15, -0.1) is 0 Å². The van der Waals surface area contributed by atoms with Crippen molar-refractivity contribution in [2.75, 3.05) is 0 Å². The van der Waals surface area contributed by atoms with Crippen LogP contribution in [0.15, 0.2) is 72.9 Å². The fourth-order valence-electron chi connectivity index (χ4n) is 3.55. The largest absolute Gasteiger partial charge is 0.213 e. The van der Waals surface area contributed by atoms with Crippen LogP contribution in [0.2, 0.25) is 0 Å². The lowest BCUT2D eigenvalue weighted by Gasteiger charge is -2.11. The molecular weight excluding hydrogens is 314 g/mol. The van der Waals surface area contributed by atoms with Gasteiger partial charge in [0, 0.05) is 21.3 Å². The number of pyridine rings is 1. The van der Waals surface area contributed by atoms with Gasteiger partial charge in [-0.05, 0) is 60.3 Å². The van der Waals surface area contributed by atoms with E-state index in [4.69, 9.17) is 4.11 Å². The van der Waals surface area contributed by atoms with E-state index in [0.717, 1.165) is 38.7 Å². The van der Waals surface area contributed by atoms with Crippen molar-refractivity contribution in [3.05, 3.63) is 89.6 Å². The van der Waals surface area contributed by atoms with Crippen LogP contribution in [0.25, 0.3) is 33.2 Å². The van der Waals surface area contributed by atoms with Gasteiger partial charge in [-0.1, -0.05) is 54.1 Å². The quantitative estimate of drug-likeness (QED) is 0.398. The molecule has 128 valence electrons. The number of hydrogen-bond acceptors (Lipinski definition) is 0. The summed E-state index contributed by atoms with van der Waals surface area (Å²) in [4.78, 5) is 0. The van der Waals surface area contributed by atoms with E-state index in [-0.39, 0.29) is 0 Å². The molecule has 26 heavy (non-hydrogen) atoms. The van der Waals surface area contributed by atoms with Gasteiger partial charge in [0.1, 0.15) is 7.05 Å². The number of benzene rings is 3. The molecule has 0 saturated heterocycles. The van der Waals surface area contributed by atoms with E-state index in [9.17, 15) is 0 Å². The second-order valence-corrected chi connectivity index (χ2v) is 6.98. The molecule has 0 unspecified atom stereocenters. The molecule has 1 aromatic heterocycles. The Hall–Kier alpha value is -2.93. The van der Waals surface area contributed by atoms with E-state index < -0.39 is 6.85 Å². The first-order valence-corrected chi connectivity index (χ1v) is 8.85. The Balaban J connectivity index is 1.99. The Bertz CT molecular complexity index is 1220. The monoisotopic (exact) mass is 341 g/mol. The van der Waals surface area contributed by atoms with Gasteiger partial charge < -0.3 is 0 Å². The van der Waals surface area contributed by atoms with Crippen molar-refractivity contribution in [1.29, 1.82) is 0 Å². The second kappa shape index (κ2) is 6.42. The minimum absolute atomic E-state index is 0.365. The minimum Gasteiger partial charge on any atom is -0.201 e. The highest BCUT2D eigenvalue weighted by molar-refractivity contribution is 5.88. The third-order valence-corrected chi connectivity index (χ3v) is 5.00. The predicted molar refractivity (Wildman–Crippen MR) is 110 cm³/mol. The number of nitrogens with zero attached hydrogens (tertiary/aromatic N) is 1. The number of aryl methyl sites for hydroxylation is 4. The first-order valence-electron chi connectivity index (χ1n) is 10.3. The van der Waals surface area contributed by atoms with Gasteiger partial charge in [-0.2, -0.15) is 0 Å². The molecule has 4 aromatic rings. The summed E-state index contributed by atoms with van der Waals surface area (Å²) in [7, 11) is 1.91. The molecule has 0 fully saturated rings. The summed E-state index contributed by atoms with van der Waals surface area (Å²) in [6, 6.07) is 22.7. The average molecular weight is 341 g/mol. The van der Waals surface area contributed by atoms with E-state index in [1.165, 1.54) is 5.56 Å². The smallest absolute Gasteiger partial charge is 0.201 e. The summed E-state index contributed by atoms with van der Waals surface area (Å²) >= 11 is 0. The average Bonchev–Trinajstić information content (AvgIpc) is 2.67. The third kappa shape index (κ3) is 2.90. The number of hydrogen-bond donors (Lipinski definition) is 0. The highest BCUT2D eigenvalue weighted by Crippen LogP contribution is 2.30. The predicted octanol–water partition coefficient (Wildman–Crippen LogP) is 5.92. The molecule has 0 atom stereocenters. The molecule has 1 nitrogen and oxygen atoms in total. The summed E-state index contributed by atoms with van der Waals surface area (Å²) in [5, 5.41) is 2.26. The van der Waals surface area contributed by atoms with Gasteiger partial charge >= 0.3 is 0 Å². The lowest BCUT2D eigenvalue weighted by Crippen LogP contribution is -2.31. The van der Waals surface area contributed by atoms with Crippen LogP contribution in [0.1, 0.15) is 20.8 Å². The maximum Gasteiger partial charge on any atom is 0.213 e. The highest BCUT2D eigenvalue weighted by Gasteiger charge is 2.16. The Labute approximate surface area is 159 Å². The molecule has 0 aliphatic heterocycles. The van der Waals surface area contributed by atoms with Crippen LogP contribution in [-0.2, 0) is 7.05 Å². The van der Waals surface area contributed by atoms with Crippen LogP contribution in [0.3, 0.4) is 0 Å². The fraction of sp³-hybridized carbons (Fsp3) is 0.160. The Morgan fingerprint density at radius 3 is 2.35 bits per heavy atom. The van der Waals surface area contributed by atoms with Crippen LogP contribution in [0, 0.1) is 20.7 Å². The van der Waals surface area contributed by atoms with E-state index in [2.05, 4.69) is 56.3 Å². The maximum absolute atomic E-state index is 8.09. The van der Waals surface area contributed by atoms with Crippen molar-refractivity contribution in [2.45, 2.75) is 20.7 Å². The molecule has 0 N–H and O–H groups in total.